The molecular formula is C21H27N3O. The first-order chi connectivity index (χ1) is 12.3. The van der Waals surface area contributed by atoms with Crippen LogP contribution in [0.5, 0.6) is 0 Å². The van der Waals surface area contributed by atoms with E-state index in [2.05, 4.69) is 40.1 Å². The molecule has 1 saturated heterocycles. The molecule has 1 fully saturated rings. The molecule has 4 nitrogen and oxygen atoms in total. The Hall–Kier alpha value is -2.33. The third-order valence-corrected chi connectivity index (χ3v) is 4.82. The van der Waals surface area contributed by atoms with E-state index in [0.29, 0.717) is 13.0 Å². The molecule has 0 saturated carbocycles. The van der Waals surface area contributed by atoms with Crippen LogP contribution in [-0.4, -0.2) is 50.1 Å². The zero-order valence-electron chi connectivity index (χ0n) is 15.0. The Kier molecular flexibility index (Phi) is 6.07. The summed E-state index contributed by atoms with van der Waals surface area (Å²) < 4.78 is 0. The van der Waals surface area contributed by atoms with Crippen LogP contribution in [-0.2, 0) is 4.79 Å². The lowest BCUT2D eigenvalue weighted by molar-refractivity contribution is -0.118. The predicted octanol–water partition coefficient (Wildman–Crippen LogP) is 3.25. The molecule has 2 aromatic rings. The van der Waals surface area contributed by atoms with Gasteiger partial charge in [-0.3, -0.25) is 9.69 Å². The monoisotopic (exact) mass is 337 g/mol. The van der Waals surface area contributed by atoms with E-state index in [1.54, 1.807) is 0 Å². The van der Waals surface area contributed by atoms with Crippen molar-refractivity contribution in [3.63, 3.8) is 0 Å². The van der Waals surface area contributed by atoms with Gasteiger partial charge in [-0.05, 0) is 31.2 Å². The van der Waals surface area contributed by atoms with Gasteiger partial charge in [0.15, 0.2) is 0 Å². The second-order valence-electron chi connectivity index (χ2n) is 6.39. The maximum Gasteiger partial charge on any atom is 0.228 e. The number of rotatable bonds is 6. The summed E-state index contributed by atoms with van der Waals surface area (Å²) in [7, 11) is 0. The van der Waals surface area contributed by atoms with Crippen molar-refractivity contribution in [3.8, 4) is 0 Å². The summed E-state index contributed by atoms with van der Waals surface area (Å²) in [4.78, 5) is 19.3. The molecule has 3 rings (SSSR count). The van der Waals surface area contributed by atoms with E-state index < -0.39 is 0 Å². The van der Waals surface area contributed by atoms with Crippen molar-refractivity contribution in [1.29, 1.82) is 0 Å². The average Bonchev–Trinajstić information content (AvgIpc) is 2.69. The Labute approximate surface area is 150 Å². The van der Waals surface area contributed by atoms with Crippen molar-refractivity contribution in [3.05, 3.63) is 60.7 Å². The summed E-state index contributed by atoms with van der Waals surface area (Å²) in [5.41, 5.74) is 2.28. The molecule has 0 atom stereocenters. The zero-order chi connectivity index (χ0) is 17.5. The van der Waals surface area contributed by atoms with Crippen LogP contribution in [0, 0.1) is 0 Å². The third kappa shape index (κ3) is 4.60. The number of hydrogen-bond donors (Lipinski definition) is 0. The fourth-order valence-corrected chi connectivity index (χ4v) is 3.37. The molecule has 0 spiro atoms. The van der Waals surface area contributed by atoms with E-state index in [9.17, 15) is 4.79 Å². The molecule has 1 amide bonds. The van der Waals surface area contributed by atoms with Crippen LogP contribution in [0.2, 0.25) is 0 Å². The maximum atomic E-state index is 12.6. The lowest BCUT2D eigenvalue weighted by atomic mass is 10.2. The molecule has 132 valence electrons. The van der Waals surface area contributed by atoms with Crippen molar-refractivity contribution in [2.24, 2.45) is 0 Å². The van der Waals surface area contributed by atoms with Crippen LogP contribution < -0.4 is 9.80 Å². The minimum atomic E-state index is 0.208. The van der Waals surface area contributed by atoms with Gasteiger partial charge in [-0.15, -0.1) is 0 Å². The summed E-state index contributed by atoms with van der Waals surface area (Å²) in [6.07, 6.45) is 0.577. The molecule has 1 aliphatic heterocycles. The Morgan fingerprint density at radius 1 is 0.920 bits per heavy atom. The first-order valence-corrected chi connectivity index (χ1v) is 9.15. The SMILES string of the molecule is CCN(C(=O)CCN1CCN(c2ccccc2)CC1)c1ccccc1. The number of nitrogens with zero attached hydrogens (tertiary/aromatic N) is 3. The van der Waals surface area contributed by atoms with Gasteiger partial charge in [0.2, 0.25) is 5.91 Å². The second-order valence-corrected chi connectivity index (χ2v) is 6.39. The number of carbonyl (C=O) groups is 1. The maximum absolute atomic E-state index is 12.6. The molecule has 0 bridgehead atoms. The van der Waals surface area contributed by atoms with E-state index in [1.807, 2.05) is 42.2 Å². The van der Waals surface area contributed by atoms with Gasteiger partial charge in [0.1, 0.15) is 0 Å². The summed E-state index contributed by atoms with van der Waals surface area (Å²) in [5.74, 6) is 0.208. The fraction of sp³-hybridized carbons (Fsp3) is 0.381. The number of carbonyl (C=O) groups excluding carboxylic acids is 1. The van der Waals surface area contributed by atoms with Gasteiger partial charge >= 0.3 is 0 Å². The van der Waals surface area contributed by atoms with Crippen LogP contribution in [0.4, 0.5) is 11.4 Å². The number of para-hydroxylation sites is 2. The summed E-state index contributed by atoms with van der Waals surface area (Å²) in [6, 6.07) is 20.5. The predicted molar refractivity (Wildman–Crippen MR) is 104 cm³/mol. The van der Waals surface area contributed by atoms with Gasteiger partial charge in [0.25, 0.3) is 0 Å². The molecule has 1 aliphatic rings. The van der Waals surface area contributed by atoms with Gasteiger partial charge in [-0.1, -0.05) is 36.4 Å². The Morgan fingerprint density at radius 2 is 1.52 bits per heavy atom. The third-order valence-electron chi connectivity index (χ3n) is 4.82. The van der Waals surface area contributed by atoms with E-state index in [-0.39, 0.29) is 5.91 Å². The minimum Gasteiger partial charge on any atom is -0.369 e. The van der Waals surface area contributed by atoms with Crippen molar-refractivity contribution in [1.82, 2.24) is 4.90 Å². The van der Waals surface area contributed by atoms with Crippen molar-refractivity contribution >= 4 is 17.3 Å². The number of amides is 1. The van der Waals surface area contributed by atoms with Gasteiger partial charge in [-0.2, -0.15) is 0 Å². The van der Waals surface area contributed by atoms with Crippen LogP contribution in [0.15, 0.2) is 60.7 Å². The molecule has 0 N–H and O–H groups in total. The van der Waals surface area contributed by atoms with E-state index in [0.717, 1.165) is 38.4 Å². The molecule has 0 aliphatic carbocycles. The normalized spacial score (nSPS) is 15.2. The summed E-state index contributed by atoms with van der Waals surface area (Å²) in [6.45, 7) is 7.65. The molecule has 0 unspecified atom stereocenters. The highest BCUT2D eigenvalue weighted by Crippen LogP contribution is 2.17. The topological polar surface area (TPSA) is 26.8 Å². The standard InChI is InChI=1S/C21H27N3O/c1-2-24(20-11-7-4-8-12-20)21(25)13-14-22-15-17-23(18-16-22)19-9-5-3-6-10-19/h3-12H,2,13-18H2,1H3. The Morgan fingerprint density at radius 3 is 2.12 bits per heavy atom. The van der Waals surface area contributed by atoms with Crippen LogP contribution in [0.3, 0.4) is 0 Å². The zero-order valence-corrected chi connectivity index (χ0v) is 15.0. The van der Waals surface area contributed by atoms with Crippen molar-refractivity contribution in [2.45, 2.75) is 13.3 Å². The number of hydrogen-bond acceptors (Lipinski definition) is 3. The first kappa shape index (κ1) is 17.5. The second kappa shape index (κ2) is 8.67. The van der Waals surface area contributed by atoms with Gasteiger partial charge in [0, 0.05) is 57.1 Å². The lowest BCUT2D eigenvalue weighted by Crippen LogP contribution is -2.47. The van der Waals surface area contributed by atoms with Gasteiger partial charge < -0.3 is 9.80 Å². The average molecular weight is 337 g/mol. The van der Waals surface area contributed by atoms with Crippen LogP contribution in [0.1, 0.15) is 13.3 Å². The largest absolute Gasteiger partial charge is 0.369 e. The van der Waals surface area contributed by atoms with E-state index >= 15 is 0 Å². The van der Waals surface area contributed by atoms with Crippen molar-refractivity contribution < 1.29 is 4.79 Å². The highest BCUT2D eigenvalue weighted by Gasteiger charge is 2.19. The van der Waals surface area contributed by atoms with E-state index in [1.165, 1.54) is 5.69 Å². The summed E-state index contributed by atoms with van der Waals surface area (Å²) in [5, 5.41) is 0. The molecule has 1 heterocycles. The highest BCUT2D eigenvalue weighted by atomic mass is 16.2. The van der Waals surface area contributed by atoms with Crippen LogP contribution >= 0.6 is 0 Å². The lowest BCUT2D eigenvalue weighted by Gasteiger charge is -2.36. The van der Waals surface area contributed by atoms with Crippen LogP contribution in [0.25, 0.3) is 0 Å². The van der Waals surface area contributed by atoms with E-state index in [4.69, 9.17) is 0 Å². The molecular weight excluding hydrogens is 310 g/mol. The van der Waals surface area contributed by atoms with Gasteiger partial charge in [-0.25, -0.2) is 0 Å². The van der Waals surface area contributed by atoms with Gasteiger partial charge in [0.05, 0.1) is 0 Å². The molecule has 0 radical (unpaired) electrons. The number of anilines is 2. The molecule has 25 heavy (non-hydrogen) atoms. The molecule has 0 aromatic heterocycles. The highest BCUT2D eigenvalue weighted by molar-refractivity contribution is 5.93. The summed E-state index contributed by atoms with van der Waals surface area (Å²) >= 11 is 0. The fourth-order valence-electron chi connectivity index (χ4n) is 3.37. The minimum absolute atomic E-state index is 0.208. The Balaban J connectivity index is 1.47. The quantitative estimate of drug-likeness (QED) is 0.809. The smallest absolute Gasteiger partial charge is 0.228 e. The Bertz CT molecular complexity index is 651. The number of piperazine rings is 1. The van der Waals surface area contributed by atoms with Crippen molar-refractivity contribution in [2.75, 3.05) is 49.1 Å². The molecule has 4 heteroatoms. The number of benzene rings is 2. The first-order valence-electron chi connectivity index (χ1n) is 9.15. The molecule has 2 aromatic carbocycles.